The van der Waals surface area contributed by atoms with E-state index in [1.165, 1.54) is 7.11 Å². The second-order valence-corrected chi connectivity index (χ2v) is 9.18. The van der Waals surface area contributed by atoms with Crippen LogP contribution in [0, 0.1) is 6.92 Å². The van der Waals surface area contributed by atoms with E-state index in [1.54, 1.807) is 42.5 Å². The highest BCUT2D eigenvalue weighted by molar-refractivity contribution is 9.10. The van der Waals surface area contributed by atoms with E-state index in [-0.39, 0.29) is 5.11 Å². The molecule has 0 saturated heterocycles. The smallest absolute Gasteiger partial charge is 0.261 e. The summed E-state index contributed by atoms with van der Waals surface area (Å²) in [6, 6.07) is 14.0. The predicted molar refractivity (Wildman–Crippen MR) is 139 cm³/mol. The molecule has 0 atom stereocenters. The molecule has 4 aromatic rings. The van der Waals surface area contributed by atoms with Gasteiger partial charge in [-0.2, -0.15) is 0 Å². The molecule has 0 saturated carbocycles. The summed E-state index contributed by atoms with van der Waals surface area (Å²) >= 11 is 20.8. The average molecular weight is 565 g/mol. The molecule has 0 aliphatic heterocycles. The van der Waals surface area contributed by atoms with Crippen molar-refractivity contribution in [2.75, 3.05) is 12.4 Å². The normalized spacial score (nSPS) is 10.8. The van der Waals surface area contributed by atoms with Gasteiger partial charge < -0.3 is 14.5 Å². The fraction of sp³-hybridized carbons (Fsp3) is 0.0870. The third-order valence-corrected chi connectivity index (χ3v) is 6.13. The maximum atomic E-state index is 12.8. The number of fused-ring (bicyclic) bond motifs is 1. The molecule has 4 rings (SSSR count). The van der Waals surface area contributed by atoms with Crippen LogP contribution in [0.5, 0.6) is 5.75 Å². The summed E-state index contributed by atoms with van der Waals surface area (Å²) in [4.78, 5) is 17.3. The zero-order valence-electron chi connectivity index (χ0n) is 17.3. The number of methoxy groups -OCH3 is 1. The van der Waals surface area contributed by atoms with Crippen molar-refractivity contribution in [3.8, 4) is 17.2 Å². The van der Waals surface area contributed by atoms with Gasteiger partial charge in [-0.15, -0.1) is 0 Å². The quantitative estimate of drug-likeness (QED) is 0.260. The van der Waals surface area contributed by atoms with Crippen LogP contribution in [-0.2, 0) is 0 Å². The second kappa shape index (κ2) is 9.69. The Morgan fingerprint density at radius 3 is 2.64 bits per heavy atom. The Hall–Kier alpha value is -2.65. The highest BCUT2D eigenvalue weighted by Gasteiger charge is 2.17. The Balaban J connectivity index is 1.51. The molecule has 3 aromatic carbocycles. The molecule has 0 spiro atoms. The fourth-order valence-electron chi connectivity index (χ4n) is 3.26. The van der Waals surface area contributed by atoms with Crippen molar-refractivity contribution >= 4 is 79.2 Å². The first-order valence-corrected chi connectivity index (χ1v) is 11.5. The van der Waals surface area contributed by atoms with Gasteiger partial charge in [0.05, 0.1) is 22.7 Å². The molecule has 10 heteroatoms. The SMILES string of the molecule is COc1c(C)cc(Br)cc1C(=O)NC(=S)Nc1ccc2oc(-c3ccc(Cl)c(Cl)c3)nc2c1. The van der Waals surface area contributed by atoms with Gasteiger partial charge in [-0.05, 0) is 73.2 Å². The van der Waals surface area contributed by atoms with Gasteiger partial charge in [-0.25, -0.2) is 4.98 Å². The van der Waals surface area contributed by atoms with Crippen LogP contribution in [0.1, 0.15) is 15.9 Å². The van der Waals surface area contributed by atoms with E-state index < -0.39 is 5.91 Å². The van der Waals surface area contributed by atoms with Crippen molar-refractivity contribution in [2.24, 2.45) is 0 Å². The first kappa shape index (κ1) is 23.5. The highest BCUT2D eigenvalue weighted by atomic mass is 79.9. The number of nitrogens with one attached hydrogen (secondary N) is 2. The van der Waals surface area contributed by atoms with E-state index in [2.05, 4.69) is 31.5 Å². The van der Waals surface area contributed by atoms with Crippen LogP contribution >= 0.6 is 51.3 Å². The molecule has 2 N–H and O–H groups in total. The van der Waals surface area contributed by atoms with Crippen LogP contribution < -0.4 is 15.4 Å². The second-order valence-electron chi connectivity index (χ2n) is 7.04. The van der Waals surface area contributed by atoms with Crippen LogP contribution in [-0.4, -0.2) is 23.1 Å². The summed E-state index contributed by atoms with van der Waals surface area (Å²) in [5, 5.41) is 6.67. The number of aryl methyl sites for hydroxylation is 1. The van der Waals surface area contributed by atoms with E-state index in [9.17, 15) is 4.79 Å². The fourth-order valence-corrected chi connectivity index (χ4v) is 4.34. The molecule has 0 unspecified atom stereocenters. The van der Waals surface area contributed by atoms with Crippen molar-refractivity contribution in [3.63, 3.8) is 0 Å². The molecule has 1 aromatic heterocycles. The van der Waals surface area contributed by atoms with Crippen LogP contribution in [0.2, 0.25) is 10.0 Å². The Morgan fingerprint density at radius 2 is 1.91 bits per heavy atom. The number of thiocarbonyl (C=S) groups is 1. The molecule has 0 fully saturated rings. The summed E-state index contributed by atoms with van der Waals surface area (Å²) in [5.41, 5.74) is 3.73. The molecule has 1 heterocycles. The number of carbonyl (C=O) groups is 1. The first-order valence-electron chi connectivity index (χ1n) is 9.57. The summed E-state index contributed by atoms with van der Waals surface area (Å²) < 4.78 is 12.0. The van der Waals surface area contributed by atoms with E-state index in [1.807, 2.05) is 13.0 Å². The monoisotopic (exact) mass is 563 g/mol. The minimum absolute atomic E-state index is 0.132. The summed E-state index contributed by atoms with van der Waals surface area (Å²) in [6.45, 7) is 1.86. The van der Waals surface area contributed by atoms with Gasteiger partial charge in [-0.3, -0.25) is 10.1 Å². The maximum Gasteiger partial charge on any atom is 0.261 e. The Kier molecular flexibility index (Phi) is 6.90. The molecular weight excluding hydrogens is 549 g/mol. The number of hydrogen-bond acceptors (Lipinski definition) is 5. The number of amides is 1. The molecule has 33 heavy (non-hydrogen) atoms. The van der Waals surface area contributed by atoms with E-state index in [4.69, 9.17) is 44.6 Å². The van der Waals surface area contributed by atoms with Gasteiger partial charge in [0.2, 0.25) is 5.89 Å². The van der Waals surface area contributed by atoms with Gasteiger partial charge in [-0.1, -0.05) is 39.1 Å². The first-order chi connectivity index (χ1) is 15.7. The lowest BCUT2D eigenvalue weighted by molar-refractivity contribution is 0.0974. The number of rotatable bonds is 4. The van der Waals surface area contributed by atoms with Gasteiger partial charge in [0.15, 0.2) is 10.7 Å². The molecule has 0 aliphatic carbocycles. The average Bonchev–Trinajstić information content (AvgIpc) is 3.18. The van der Waals surface area contributed by atoms with Crippen molar-refractivity contribution in [3.05, 3.63) is 74.2 Å². The Bertz CT molecular complexity index is 1410. The van der Waals surface area contributed by atoms with E-state index in [0.717, 1.165) is 10.0 Å². The number of anilines is 1. The molecule has 0 aliphatic rings. The maximum absolute atomic E-state index is 12.8. The summed E-state index contributed by atoms with van der Waals surface area (Å²) in [7, 11) is 1.52. The molecule has 1 amide bonds. The number of oxazole rings is 1. The van der Waals surface area contributed by atoms with Crippen molar-refractivity contribution in [1.82, 2.24) is 10.3 Å². The zero-order chi connectivity index (χ0) is 23.7. The Morgan fingerprint density at radius 1 is 1.12 bits per heavy atom. The molecule has 6 nitrogen and oxygen atoms in total. The predicted octanol–water partition coefficient (Wildman–Crippen LogP) is 7.01. The number of ether oxygens (including phenoxy) is 1. The number of aromatic nitrogens is 1. The Labute approximate surface area is 213 Å². The number of hydrogen-bond donors (Lipinski definition) is 2. The minimum atomic E-state index is -0.391. The van der Waals surface area contributed by atoms with Crippen molar-refractivity contribution < 1.29 is 13.9 Å². The van der Waals surface area contributed by atoms with Gasteiger partial charge in [0.1, 0.15) is 11.3 Å². The number of carbonyl (C=O) groups excluding carboxylic acids is 1. The van der Waals surface area contributed by atoms with E-state index in [0.29, 0.717) is 49.6 Å². The highest BCUT2D eigenvalue weighted by Crippen LogP contribution is 2.31. The van der Waals surface area contributed by atoms with Crippen molar-refractivity contribution in [1.29, 1.82) is 0 Å². The molecule has 0 radical (unpaired) electrons. The van der Waals surface area contributed by atoms with Crippen molar-refractivity contribution in [2.45, 2.75) is 6.92 Å². The molecule has 168 valence electrons. The van der Waals surface area contributed by atoms with Crippen LogP contribution in [0.3, 0.4) is 0 Å². The topological polar surface area (TPSA) is 76.4 Å². The third kappa shape index (κ3) is 5.14. The molecular formula is C23H16BrCl2N3O3S. The lowest BCUT2D eigenvalue weighted by Crippen LogP contribution is -2.34. The van der Waals surface area contributed by atoms with Gasteiger partial charge in [0, 0.05) is 15.7 Å². The van der Waals surface area contributed by atoms with Crippen LogP contribution in [0.15, 0.2) is 57.4 Å². The summed E-state index contributed by atoms with van der Waals surface area (Å²) in [5.74, 6) is 0.504. The lowest BCUT2D eigenvalue weighted by Gasteiger charge is -2.13. The number of benzene rings is 3. The van der Waals surface area contributed by atoms with E-state index >= 15 is 0 Å². The minimum Gasteiger partial charge on any atom is -0.496 e. The number of nitrogens with zero attached hydrogens (tertiary/aromatic N) is 1. The third-order valence-electron chi connectivity index (χ3n) is 4.73. The van der Waals surface area contributed by atoms with Crippen LogP contribution in [0.4, 0.5) is 5.69 Å². The van der Waals surface area contributed by atoms with Crippen LogP contribution in [0.25, 0.3) is 22.6 Å². The van der Waals surface area contributed by atoms with Gasteiger partial charge in [0.25, 0.3) is 5.91 Å². The molecule has 0 bridgehead atoms. The lowest BCUT2D eigenvalue weighted by atomic mass is 10.1. The largest absolute Gasteiger partial charge is 0.496 e. The number of halogens is 3. The summed E-state index contributed by atoms with van der Waals surface area (Å²) in [6.07, 6.45) is 0. The zero-order valence-corrected chi connectivity index (χ0v) is 21.2. The van der Waals surface area contributed by atoms with Gasteiger partial charge >= 0.3 is 0 Å². The standard InChI is InChI=1S/C23H16BrCl2N3O3S/c1-11-7-13(24)9-15(20(11)31-2)21(30)29-23(33)27-14-4-6-19-18(10-14)28-22(32-19)12-3-5-16(25)17(26)8-12/h3-10H,1-2H3,(H2,27,29,30,33).